The Labute approximate surface area is 254 Å². The van der Waals surface area contributed by atoms with Crippen molar-refractivity contribution in [2.24, 2.45) is 10.8 Å². The zero-order valence-corrected chi connectivity index (χ0v) is 27.6. The molecule has 1 radical (unpaired) electrons. The molecule has 5 heteroatoms. The number of allylic oxidation sites excluding steroid dienone is 2. The van der Waals surface area contributed by atoms with E-state index in [0.717, 1.165) is 11.3 Å². The molecule has 6 rings (SSSR count). The van der Waals surface area contributed by atoms with Crippen LogP contribution in [0.3, 0.4) is 0 Å². The van der Waals surface area contributed by atoms with Gasteiger partial charge >= 0.3 is 0 Å². The number of carbonyl (C=O) groups excluding carboxylic acids is 1. The van der Waals surface area contributed by atoms with Crippen molar-refractivity contribution < 1.29 is 30.0 Å². The molecule has 3 nitrogen and oxygen atoms in total. The number of aliphatic hydroxyl groups excluding tert-OH is 1. The molecular weight excluding hydrogens is 691 g/mol. The molecule has 0 fully saturated rings. The van der Waals surface area contributed by atoms with E-state index >= 15 is 0 Å². The summed E-state index contributed by atoms with van der Waals surface area (Å²) in [6, 6.07) is 23.2. The van der Waals surface area contributed by atoms with Crippen molar-refractivity contribution in [3.8, 4) is 11.3 Å². The van der Waals surface area contributed by atoms with Crippen LogP contribution in [0.2, 0.25) is 0 Å². The molecular formula is C35H36IrNO2S-. The number of thiophene rings is 1. The number of nitrogens with zero attached hydrogens (tertiary/aromatic N) is 1. The fourth-order valence-corrected chi connectivity index (χ4v) is 6.34. The van der Waals surface area contributed by atoms with Gasteiger partial charge < -0.3 is 10.1 Å². The van der Waals surface area contributed by atoms with E-state index in [1.807, 2.05) is 59.1 Å². The first-order valence-corrected chi connectivity index (χ1v) is 14.2. The van der Waals surface area contributed by atoms with Gasteiger partial charge in [0, 0.05) is 52.6 Å². The van der Waals surface area contributed by atoms with Crippen molar-refractivity contribution in [1.82, 2.24) is 4.98 Å². The van der Waals surface area contributed by atoms with Crippen molar-refractivity contribution in [1.29, 1.82) is 0 Å². The Kier molecular flexibility index (Phi) is 7.92. The van der Waals surface area contributed by atoms with Crippen LogP contribution in [-0.4, -0.2) is 15.9 Å². The number of hydrogen-bond acceptors (Lipinski definition) is 4. The molecule has 1 N–H and O–H groups in total. The Bertz CT molecular complexity index is 1780. The van der Waals surface area contributed by atoms with Crippen LogP contribution in [0.25, 0.3) is 42.2 Å². The molecule has 0 bridgehead atoms. The zero-order chi connectivity index (χ0) is 28.3. The number of ketones is 1. The number of hydrogen-bond donors (Lipinski definition) is 1. The summed E-state index contributed by atoms with van der Waals surface area (Å²) in [5, 5.41) is 14.8. The van der Waals surface area contributed by atoms with E-state index in [0.29, 0.717) is 0 Å². The first-order chi connectivity index (χ1) is 18.2. The van der Waals surface area contributed by atoms with Crippen LogP contribution >= 0.6 is 11.3 Å². The minimum absolute atomic E-state index is 0. The molecule has 3 aromatic carbocycles. The van der Waals surface area contributed by atoms with E-state index in [2.05, 4.69) is 74.5 Å². The predicted molar refractivity (Wildman–Crippen MR) is 166 cm³/mol. The van der Waals surface area contributed by atoms with Gasteiger partial charge in [0.25, 0.3) is 0 Å². The van der Waals surface area contributed by atoms with E-state index in [4.69, 9.17) is 4.98 Å². The van der Waals surface area contributed by atoms with Gasteiger partial charge in [-0.25, -0.2) is 0 Å². The maximum Gasteiger partial charge on any atom is 0.164 e. The Morgan fingerprint density at radius 2 is 1.60 bits per heavy atom. The molecule has 0 aliphatic heterocycles. The second-order valence-electron chi connectivity index (χ2n) is 13.0. The van der Waals surface area contributed by atoms with Crippen molar-refractivity contribution in [3.63, 3.8) is 0 Å². The molecule has 1 aliphatic rings. The first-order valence-electron chi connectivity index (χ1n) is 13.4. The molecule has 40 heavy (non-hydrogen) atoms. The van der Waals surface area contributed by atoms with Crippen molar-refractivity contribution in [3.05, 3.63) is 89.8 Å². The Morgan fingerprint density at radius 3 is 2.27 bits per heavy atom. The summed E-state index contributed by atoms with van der Waals surface area (Å²) in [7, 11) is 0. The zero-order valence-electron chi connectivity index (χ0n) is 24.4. The van der Waals surface area contributed by atoms with E-state index < -0.39 is 5.41 Å². The Morgan fingerprint density at radius 1 is 0.925 bits per heavy atom. The van der Waals surface area contributed by atoms with Gasteiger partial charge in [0.15, 0.2) is 5.78 Å². The second-order valence-corrected chi connectivity index (χ2v) is 14.0. The average molecular weight is 727 g/mol. The third kappa shape index (κ3) is 5.16. The van der Waals surface area contributed by atoms with Gasteiger partial charge in [0.05, 0.1) is 0 Å². The summed E-state index contributed by atoms with van der Waals surface area (Å²) < 4.78 is 2.65. The molecule has 0 unspecified atom stereocenters. The fourth-order valence-electron chi connectivity index (χ4n) is 5.21. The Balaban J connectivity index is 0.000000229. The summed E-state index contributed by atoms with van der Waals surface area (Å²) in [5.74, 6) is 0.104. The third-order valence-corrected chi connectivity index (χ3v) is 8.69. The number of rotatable bonds is 1. The molecule has 0 spiro atoms. The van der Waals surface area contributed by atoms with E-state index in [1.54, 1.807) is 0 Å². The summed E-state index contributed by atoms with van der Waals surface area (Å²) in [6.45, 7) is 15.8. The first kappa shape index (κ1) is 30.1. The van der Waals surface area contributed by atoms with Gasteiger partial charge in [-0.3, -0.25) is 4.79 Å². The molecule has 5 aromatic rings. The van der Waals surface area contributed by atoms with Crippen LogP contribution in [0.15, 0.2) is 72.6 Å². The van der Waals surface area contributed by atoms with Crippen molar-refractivity contribution in [2.45, 2.75) is 60.8 Å². The smallest absolute Gasteiger partial charge is 0.164 e. The van der Waals surface area contributed by atoms with Crippen LogP contribution in [0.4, 0.5) is 0 Å². The predicted octanol–water partition coefficient (Wildman–Crippen LogP) is 9.80. The van der Waals surface area contributed by atoms with Crippen LogP contribution in [0.1, 0.15) is 66.5 Å². The minimum atomic E-state index is -0.417. The van der Waals surface area contributed by atoms with Gasteiger partial charge in [-0.15, -0.1) is 34.6 Å². The maximum atomic E-state index is 11.5. The van der Waals surface area contributed by atoms with Gasteiger partial charge in [0.1, 0.15) is 5.76 Å². The van der Waals surface area contributed by atoms with Crippen LogP contribution in [0, 0.1) is 16.9 Å². The Hall–Kier alpha value is -2.85. The standard InChI is InChI=1S/C24H16NS.C11H20O2.Ir/c1-24(2)17-8-5-9-18-20(17)21-19(26-18)12-13-25-23(21)16-11-10-14-6-3-4-7-15(14)22(16)24;1-10(2,3)8(12)7-9(13)11(4,5)6;/h3-10,12-13H,1-2H3;7,12H,1-6H3;/q-1;;/b;8-7-;. The molecule has 0 saturated heterocycles. The SMILES string of the molecule is CC(C)(C)C(=O)/C=C(\O)C(C)(C)C.CC1(C)c2c([c-]cc3ccccc23)-c2nccc3sc4cccc1c4c23.[Ir]. The van der Waals surface area contributed by atoms with E-state index in [-0.39, 0.29) is 42.5 Å². The quantitative estimate of drug-likeness (QED) is 0.106. The van der Waals surface area contributed by atoms with Crippen LogP contribution < -0.4 is 0 Å². The normalized spacial score (nSPS) is 14.3. The van der Waals surface area contributed by atoms with E-state index in [9.17, 15) is 9.90 Å². The summed E-state index contributed by atoms with van der Waals surface area (Å²) in [5.41, 5.74) is 4.06. The van der Waals surface area contributed by atoms with Gasteiger partial charge in [-0.2, -0.15) is 0 Å². The summed E-state index contributed by atoms with van der Waals surface area (Å²) in [4.78, 5) is 16.3. The minimum Gasteiger partial charge on any atom is -0.512 e. The van der Waals surface area contributed by atoms with Crippen LogP contribution in [-0.2, 0) is 30.3 Å². The molecule has 2 heterocycles. The largest absolute Gasteiger partial charge is 0.512 e. The fraction of sp³-hybridized carbons (Fsp3) is 0.314. The number of aromatic nitrogens is 1. The molecule has 0 saturated carbocycles. The topological polar surface area (TPSA) is 50.2 Å². The maximum absolute atomic E-state index is 11.5. The summed E-state index contributed by atoms with van der Waals surface area (Å²) in [6.07, 6.45) is 3.28. The van der Waals surface area contributed by atoms with Gasteiger partial charge in [0.2, 0.25) is 0 Å². The number of fused-ring (bicyclic) bond motifs is 4. The van der Waals surface area contributed by atoms with Gasteiger partial charge in [-0.05, 0) is 39.6 Å². The summed E-state index contributed by atoms with van der Waals surface area (Å²) >= 11 is 1.86. The molecule has 209 valence electrons. The number of carbonyl (C=O) groups is 1. The van der Waals surface area contributed by atoms with E-state index in [1.165, 1.54) is 48.1 Å². The molecule has 1 aliphatic carbocycles. The number of aliphatic hydroxyl groups is 1. The van der Waals surface area contributed by atoms with Crippen molar-refractivity contribution >= 4 is 48.1 Å². The number of benzene rings is 3. The molecule has 0 atom stereocenters. The molecule has 0 amide bonds. The molecule has 2 aromatic heterocycles. The number of pyridine rings is 1. The van der Waals surface area contributed by atoms with Gasteiger partial charge in [-0.1, -0.05) is 103 Å². The monoisotopic (exact) mass is 727 g/mol. The second kappa shape index (κ2) is 10.5. The third-order valence-electron chi connectivity index (χ3n) is 7.57. The van der Waals surface area contributed by atoms with Crippen molar-refractivity contribution in [2.75, 3.05) is 0 Å². The van der Waals surface area contributed by atoms with Crippen LogP contribution in [0.5, 0.6) is 0 Å². The average Bonchev–Trinajstić information content (AvgIpc) is 3.22.